The summed E-state index contributed by atoms with van der Waals surface area (Å²) < 4.78 is 5.09. The van der Waals surface area contributed by atoms with Crippen molar-refractivity contribution in [3.8, 4) is 0 Å². The van der Waals surface area contributed by atoms with Crippen molar-refractivity contribution >= 4 is 34.8 Å². The van der Waals surface area contributed by atoms with Gasteiger partial charge in [0.05, 0.1) is 4.92 Å². The Kier molecular flexibility index (Phi) is 6.90. The van der Waals surface area contributed by atoms with E-state index in [1.165, 1.54) is 6.07 Å². The number of ether oxygens (including phenoxy) is 1. The fourth-order valence-corrected chi connectivity index (χ4v) is 1.93. The van der Waals surface area contributed by atoms with E-state index in [4.69, 9.17) is 17.0 Å². The Labute approximate surface area is 146 Å². The van der Waals surface area contributed by atoms with Crippen LogP contribution in [0.4, 0.5) is 16.2 Å². The van der Waals surface area contributed by atoms with Crippen LogP contribution in [0, 0.1) is 17.0 Å². The van der Waals surface area contributed by atoms with Gasteiger partial charge in [-0.1, -0.05) is 6.07 Å². The quantitative estimate of drug-likeness (QED) is 0.323. The molecular formula is C15H22N4O4S. The topological polar surface area (TPSA) is 106 Å². The molecule has 0 spiro atoms. The Balaban J connectivity index is 2.43. The second-order valence-corrected chi connectivity index (χ2v) is 6.50. The molecule has 0 heterocycles. The molecule has 8 nitrogen and oxygen atoms in total. The lowest BCUT2D eigenvalue weighted by Crippen LogP contribution is -2.39. The SMILES string of the molecule is Cc1ccc(NC(=S)NCCNC(=O)OC(C)(C)C)c([N+](=O)[O-])c1. The number of rotatable bonds is 5. The van der Waals surface area contributed by atoms with Crippen molar-refractivity contribution in [3.63, 3.8) is 0 Å². The number of carbonyl (C=O) groups is 1. The monoisotopic (exact) mass is 354 g/mol. The summed E-state index contributed by atoms with van der Waals surface area (Å²) in [5.41, 5.74) is 0.487. The molecule has 0 saturated heterocycles. The molecule has 1 amide bonds. The number of aryl methyl sites for hydroxylation is 1. The summed E-state index contributed by atoms with van der Waals surface area (Å²) >= 11 is 5.09. The first kappa shape index (κ1) is 19.6. The average Bonchev–Trinajstić information content (AvgIpc) is 2.43. The number of nitrogens with zero attached hydrogens (tertiary/aromatic N) is 1. The van der Waals surface area contributed by atoms with E-state index >= 15 is 0 Å². The molecule has 1 rings (SSSR count). The third-order valence-electron chi connectivity index (χ3n) is 2.68. The van der Waals surface area contributed by atoms with E-state index in [9.17, 15) is 14.9 Å². The normalized spacial score (nSPS) is 10.7. The van der Waals surface area contributed by atoms with Gasteiger partial charge in [-0.25, -0.2) is 4.79 Å². The lowest BCUT2D eigenvalue weighted by Gasteiger charge is -2.19. The van der Waals surface area contributed by atoms with Crippen molar-refractivity contribution in [2.75, 3.05) is 18.4 Å². The lowest BCUT2D eigenvalue weighted by atomic mass is 10.2. The van der Waals surface area contributed by atoms with Gasteiger partial charge in [-0.2, -0.15) is 0 Å². The zero-order valence-corrected chi connectivity index (χ0v) is 15.0. The van der Waals surface area contributed by atoms with Gasteiger partial charge < -0.3 is 20.7 Å². The smallest absolute Gasteiger partial charge is 0.407 e. The molecule has 0 aromatic heterocycles. The lowest BCUT2D eigenvalue weighted by molar-refractivity contribution is -0.383. The summed E-state index contributed by atoms with van der Waals surface area (Å²) in [5, 5.41) is 19.5. The number of thiocarbonyl (C=S) groups is 1. The Morgan fingerprint density at radius 1 is 1.29 bits per heavy atom. The van der Waals surface area contributed by atoms with Crippen LogP contribution in [0.5, 0.6) is 0 Å². The number of amides is 1. The number of hydrogen-bond acceptors (Lipinski definition) is 5. The second-order valence-electron chi connectivity index (χ2n) is 6.09. The average molecular weight is 354 g/mol. The third-order valence-corrected chi connectivity index (χ3v) is 2.92. The van der Waals surface area contributed by atoms with Crippen LogP contribution in [-0.4, -0.2) is 34.8 Å². The van der Waals surface area contributed by atoms with Crippen LogP contribution in [0.3, 0.4) is 0 Å². The van der Waals surface area contributed by atoms with E-state index in [0.717, 1.165) is 5.56 Å². The fraction of sp³-hybridized carbons (Fsp3) is 0.467. The number of anilines is 1. The molecule has 0 radical (unpaired) electrons. The number of nitro benzene ring substituents is 1. The molecule has 132 valence electrons. The van der Waals surface area contributed by atoms with Gasteiger partial charge >= 0.3 is 6.09 Å². The number of hydrogen-bond donors (Lipinski definition) is 3. The van der Waals surface area contributed by atoms with Gasteiger partial charge in [-0.15, -0.1) is 0 Å². The van der Waals surface area contributed by atoms with Crippen molar-refractivity contribution in [1.82, 2.24) is 10.6 Å². The summed E-state index contributed by atoms with van der Waals surface area (Å²) in [6.07, 6.45) is -0.516. The highest BCUT2D eigenvalue weighted by molar-refractivity contribution is 7.80. The largest absolute Gasteiger partial charge is 0.444 e. The standard InChI is InChI=1S/C15H22N4O4S/c1-10-5-6-11(12(9-10)19(21)22)18-13(24)16-7-8-17-14(20)23-15(2,3)4/h5-6,9H,7-8H2,1-4H3,(H,17,20)(H2,16,18,24). The van der Waals surface area contributed by atoms with Crippen LogP contribution in [0.2, 0.25) is 0 Å². The number of carbonyl (C=O) groups excluding carboxylic acids is 1. The summed E-state index contributed by atoms with van der Waals surface area (Å²) in [7, 11) is 0. The van der Waals surface area contributed by atoms with Crippen LogP contribution >= 0.6 is 12.2 Å². The van der Waals surface area contributed by atoms with Crippen molar-refractivity contribution in [3.05, 3.63) is 33.9 Å². The Hall–Kier alpha value is -2.42. The fourth-order valence-electron chi connectivity index (χ4n) is 1.72. The first-order chi connectivity index (χ1) is 11.1. The zero-order chi connectivity index (χ0) is 18.3. The number of nitrogens with one attached hydrogen (secondary N) is 3. The van der Waals surface area contributed by atoms with Gasteiger partial charge in [0.2, 0.25) is 0 Å². The van der Waals surface area contributed by atoms with Crippen LogP contribution in [0.15, 0.2) is 18.2 Å². The molecule has 0 unspecified atom stereocenters. The van der Waals surface area contributed by atoms with Crippen molar-refractivity contribution in [2.24, 2.45) is 0 Å². The second kappa shape index (κ2) is 8.44. The van der Waals surface area contributed by atoms with Crippen molar-refractivity contribution in [1.29, 1.82) is 0 Å². The molecule has 1 aromatic rings. The summed E-state index contributed by atoms with van der Waals surface area (Å²) in [5.74, 6) is 0. The molecule has 0 atom stereocenters. The highest BCUT2D eigenvalue weighted by atomic mass is 32.1. The van der Waals surface area contributed by atoms with Gasteiger partial charge in [-0.3, -0.25) is 10.1 Å². The Bertz CT molecular complexity index is 628. The van der Waals surface area contributed by atoms with Gasteiger partial charge in [0.1, 0.15) is 11.3 Å². The highest BCUT2D eigenvalue weighted by Gasteiger charge is 2.16. The Morgan fingerprint density at radius 2 is 1.92 bits per heavy atom. The molecule has 0 aliphatic heterocycles. The van der Waals surface area contributed by atoms with Gasteiger partial charge in [0.15, 0.2) is 5.11 Å². The predicted octanol–water partition coefficient (Wildman–Crippen LogP) is 2.71. The van der Waals surface area contributed by atoms with Crippen LogP contribution in [0.25, 0.3) is 0 Å². The van der Waals surface area contributed by atoms with Gasteiger partial charge in [0.25, 0.3) is 5.69 Å². The minimum atomic E-state index is -0.557. The maximum absolute atomic E-state index is 11.5. The molecule has 0 aliphatic carbocycles. The predicted molar refractivity (Wildman–Crippen MR) is 96.3 cm³/mol. The molecule has 0 saturated carbocycles. The van der Waals surface area contributed by atoms with E-state index in [1.807, 2.05) is 0 Å². The minimum absolute atomic E-state index is 0.0500. The van der Waals surface area contributed by atoms with E-state index in [1.54, 1.807) is 39.8 Å². The molecule has 0 fully saturated rings. The molecule has 3 N–H and O–H groups in total. The van der Waals surface area contributed by atoms with E-state index in [0.29, 0.717) is 18.8 Å². The van der Waals surface area contributed by atoms with Crippen LogP contribution in [0.1, 0.15) is 26.3 Å². The van der Waals surface area contributed by atoms with Crippen LogP contribution < -0.4 is 16.0 Å². The summed E-state index contributed by atoms with van der Waals surface area (Å²) in [6, 6.07) is 4.82. The van der Waals surface area contributed by atoms with Gasteiger partial charge in [-0.05, 0) is 51.5 Å². The minimum Gasteiger partial charge on any atom is -0.444 e. The van der Waals surface area contributed by atoms with E-state index < -0.39 is 16.6 Å². The molecule has 0 bridgehead atoms. The van der Waals surface area contributed by atoms with Crippen molar-refractivity contribution in [2.45, 2.75) is 33.3 Å². The van der Waals surface area contributed by atoms with E-state index in [2.05, 4.69) is 16.0 Å². The van der Waals surface area contributed by atoms with E-state index in [-0.39, 0.29) is 10.8 Å². The summed E-state index contributed by atoms with van der Waals surface area (Å²) in [6.45, 7) is 7.75. The maximum atomic E-state index is 11.5. The molecular weight excluding hydrogens is 332 g/mol. The summed E-state index contributed by atoms with van der Waals surface area (Å²) in [4.78, 5) is 22.0. The van der Waals surface area contributed by atoms with Crippen molar-refractivity contribution < 1.29 is 14.5 Å². The number of benzene rings is 1. The first-order valence-electron chi connectivity index (χ1n) is 7.35. The first-order valence-corrected chi connectivity index (χ1v) is 7.76. The number of alkyl carbamates (subject to hydrolysis) is 1. The zero-order valence-electron chi connectivity index (χ0n) is 14.1. The van der Waals surface area contributed by atoms with Gasteiger partial charge in [0, 0.05) is 19.2 Å². The Morgan fingerprint density at radius 3 is 2.50 bits per heavy atom. The number of nitro groups is 1. The third kappa shape index (κ3) is 7.23. The molecule has 9 heteroatoms. The molecule has 24 heavy (non-hydrogen) atoms. The highest BCUT2D eigenvalue weighted by Crippen LogP contribution is 2.25. The maximum Gasteiger partial charge on any atom is 0.407 e. The van der Waals surface area contributed by atoms with Crippen LogP contribution in [-0.2, 0) is 4.74 Å². The molecule has 0 aliphatic rings. The molecule has 1 aromatic carbocycles.